The summed E-state index contributed by atoms with van der Waals surface area (Å²) >= 11 is 0. The minimum Gasteiger partial charge on any atom is -0.493 e. The van der Waals surface area contributed by atoms with E-state index in [1.54, 1.807) is 7.11 Å². The Hall–Kier alpha value is -1.34. The number of hydrogen-bond donors (Lipinski definition) is 3. The van der Waals surface area contributed by atoms with Gasteiger partial charge in [0, 0.05) is 19.1 Å². The van der Waals surface area contributed by atoms with E-state index in [0.29, 0.717) is 24.1 Å². The number of benzene rings is 1. The Morgan fingerprint density at radius 3 is 2.43 bits per heavy atom. The van der Waals surface area contributed by atoms with Crippen LogP contribution in [0.2, 0.25) is 0 Å². The zero-order valence-corrected chi connectivity index (χ0v) is 18.5. The van der Waals surface area contributed by atoms with E-state index in [0.717, 1.165) is 50.9 Å². The van der Waals surface area contributed by atoms with Gasteiger partial charge in [-0.25, -0.2) is 0 Å². The molecule has 0 amide bonds. The van der Waals surface area contributed by atoms with Gasteiger partial charge in [-0.2, -0.15) is 0 Å². The second-order valence-electron chi connectivity index (χ2n) is 8.90. The van der Waals surface area contributed by atoms with Gasteiger partial charge in [-0.1, -0.05) is 25.3 Å². The third-order valence-electron chi connectivity index (χ3n) is 6.37. The molecule has 1 aliphatic heterocycles. The molecule has 6 nitrogen and oxygen atoms in total. The zero-order valence-electron chi connectivity index (χ0n) is 18.5. The van der Waals surface area contributed by atoms with Gasteiger partial charge >= 0.3 is 0 Å². The molecule has 0 spiro atoms. The number of nitrogens with zero attached hydrogens (tertiary/aromatic N) is 1. The Morgan fingerprint density at radius 1 is 1.03 bits per heavy atom. The van der Waals surface area contributed by atoms with E-state index in [4.69, 9.17) is 9.47 Å². The van der Waals surface area contributed by atoms with Crippen molar-refractivity contribution < 1.29 is 19.7 Å². The lowest BCUT2D eigenvalue weighted by atomic mass is 9.93. The first-order valence-electron chi connectivity index (χ1n) is 11.8. The Labute approximate surface area is 181 Å². The van der Waals surface area contributed by atoms with Crippen molar-refractivity contribution in [2.45, 2.75) is 82.6 Å². The van der Waals surface area contributed by atoms with Crippen LogP contribution >= 0.6 is 0 Å². The highest BCUT2D eigenvalue weighted by molar-refractivity contribution is 5.43. The number of β-amino-alcohol motifs (C(OH)–C–C–N with tert-alkyl or cyclic N) is 1. The van der Waals surface area contributed by atoms with E-state index in [-0.39, 0.29) is 12.7 Å². The van der Waals surface area contributed by atoms with Crippen LogP contribution in [0.25, 0.3) is 0 Å². The molecule has 0 bridgehead atoms. The Bertz CT molecular complexity index is 611. The summed E-state index contributed by atoms with van der Waals surface area (Å²) in [5, 5.41) is 23.7. The van der Waals surface area contributed by atoms with Crippen molar-refractivity contribution in [3.8, 4) is 11.5 Å². The summed E-state index contributed by atoms with van der Waals surface area (Å²) < 4.78 is 11.4. The molecule has 3 N–H and O–H groups in total. The summed E-state index contributed by atoms with van der Waals surface area (Å²) in [5.41, 5.74) is 1.14. The molecule has 30 heavy (non-hydrogen) atoms. The number of nitrogens with one attached hydrogen (secondary N) is 1. The normalized spacial score (nSPS) is 24.6. The molecule has 170 valence electrons. The fraction of sp³-hybridized carbons (Fsp3) is 0.750. The molecular weight excluding hydrogens is 380 g/mol. The van der Waals surface area contributed by atoms with Gasteiger partial charge in [0.1, 0.15) is 12.7 Å². The molecule has 2 fully saturated rings. The van der Waals surface area contributed by atoms with E-state index in [1.165, 1.54) is 32.1 Å². The fourth-order valence-electron chi connectivity index (χ4n) is 4.52. The summed E-state index contributed by atoms with van der Waals surface area (Å²) in [6, 6.07) is 6.45. The maximum Gasteiger partial charge on any atom is 0.161 e. The van der Waals surface area contributed by atoms with E-state index >= 15 is 0 Å². The lowest BCUT2D eigenvalue weighted by Crippen LogP contribution is -2.37. The van der Waals surface area contributed by atoms with Crippen LogP contribution < -0.4 is 14.8 Å². The highest BCUT2D eigenvalue weighted by Crippen LogP contribution is 2.28. The molecular formula is C24H40N2O4. The Morgan fingerprint density at radius 2 is 1.73 bits per heavy atom. The minimum absolute atomic E-state index is 0.126. The van der Waals surface area contributed by atoms with Gasteiger partial charge in [-0.05, 0) is 69.3 Å². The summed E-state index contributed by atoms with van der Waals surface area (Å²) in [4.78, 5) is 2.36. The smallest absolute Gasteiger partial charge is 0.161 e. The van der Waals surface area contributed by atoms with E-state index in [9.17, 15) is 10.2 Å². The van der Waals surface area contributed by atoms with Gasteiger partial charge in [-0.15, -0.1) is 0 Å². The average molecular weight is 421 g/mol. The maximum atomic E-state index is 10.5. The number of rotatable bonds is 9. The van der Waals surface area contributed by atoms with Crippen LogP contribution in [0, 0.1) is 0 Å². The van der Waals surface area contributed by atoms with Gasteiger partial charge in [0.15, 0.2) is 11.5 Å². The van der Waals surface area contributed by atoms with Crippen LogP contribution in [-0.2, 0) is 6.54 Å². The van der Waals surface area contributed by atoms with Crippen LogP contribution in [0.4, 0.5) is 0 Å². The van der Waals surface area contributed by atoms with E-state index < -0.39 is 6.10 Å². The quantitative estimate of drug-likeness (QED) is 0.570. The third-order valence-corrected chi connectivity index (χ3v) is 6.37. The number of likely N-dealkylation sites (tertiary alicyclic amines) is 1. The fourth-order valence-corrected chi connectivity index (χ4v) is 4.52. The van der Waals surface area contributed by atoms with Crippen LogP contribution in [0.15, 0.2) is 18.2 Å². The number of aliphatic hydroxyl groups is 2. The monoisotopic (exact) mass is 420 g/mol. The van der Waals surface area contributed by atoms with E-state index in [2.05, 4.69) is 10.2 Å². The lowest BCUT2D eigenvalue weighted by Gasteiger charge is -2.27. The summed E-state index contributed by atoms with van der Waals surface area (Å²) in [7, 11) is 1.65. The van der Waals surface area contributed by atoms with E-state index in [1.807, 2.05) is 18.2 Å². The van der Waals surface area contributed by atoms with Gasteiger partial charge in [0.2, 0.25) is 0 Å². The Kier molecular flexibility index (Phi) is 9.72. The molecule has 2 aliphatic rings. The van der Waals surface area contributed by atoms with Crippen molar-refractivity contribution in [3.05, 3.63) is 23.8 Å². The SMILES string of the molecule is COc1cc(CNC2CCC(O)CC2)ccc1OC[C@H](O)CN1CCCCCCC1. The number of methoxy groups -OCH3 is 1. The highest BCUT2D eigenvalue weighted by Gasteiger charge is 2.19. The summed E-state index contributed by atoms with van der Waals surface area (Å²) in [6.45, 7) is 3.86. The number of ether oxygens (including phenoxy) is 2. The Balaban J connectivity index is 1.44. The summed E-state index contributed by atoms with van der Waals surface area (Å²) in [6.07, 6.45) is 9.56. The predicted molar refractivity (Wildman–Crippen MR) is 119 cm³/mol. The highest BCUT2D eigenvalue weighted by atomic mass is 16.5. The molecule has 1 aliphatic carbocycles. The molecule has 0 unspecified atom stereocenters. The van der Waals surface area contributed by atoms with Crippen molar-refractivity contribution in [3.63, 3.8) is 0 Å². The number of aliphatic hydroxyl groups excluding tert-OH is 2. The van der Waals surface area contributed by atoms with Crippen LogP contribution in [0.5, 0.6) is 11.5 Å². The second kappa shape index (κ2) is 12.5. The van der Waals surface area contributed by atoms with Gasteiger partial charge in [0.05, 0.1) is 13.2 Å². The molecule has 1 aromatic rings. The molecule has 1 atom stereocenters. The number of hydrogen-bond acceptors (Lipinski definition) is 6. The molecule has 1 aromatic carbocycles. The summed E-state index contributed by atoms with van der Waals surface area (Å²) in [5.74, 6) is 1.38. The first-order chi connectivity index (χ1) is 14.6. The third kappa shape index (κ3) is 7.73. The first-order valence-corrected chi connectivity index (χ1v) is 11.8. The minimum atomic E-state index is -0.503. The van der Waals surface area contributed by atoms with Crippen LogP contribution in [0.3, 0.4) is 0 Å². The second-order valence-corrected chi connectivity index (χ2v) is 8.90. The van der Waals surface area contributed by atoms with Crippen molar-refractivity contribution in [2.24, 2.45) is 0 Å². The molecule has 0 radical (unpaired) electrons. The lowest BCUT2D eigenvalue weighted by molar-refractivity contribution is 0.0645. The van der Waals surface area contributed by atoms with Crippen molar-refractivity contribution in [1.29, 1.82) is 0 Å². The van der Waals surface area contributed by atoms with Gasteiger partial charge < -0.3 is 29.9 Å². The van der Waals surface area contributed by atoms with Gasteiger partial charge in [0.25, 0.3) is 0 Å². The average Bonchev–Trinajstić information content (AvgIpc) is 2.74. The topological polar surface area (TPSA) is 74.2 Å². The molecule has 1 saturated carbocycles. The molecule has 3 rings (SSSR count). The largest absolute Gasteiger partial charge is 0.493 e. The van der Waals surface area contributed by atoms with Crippen molar-refractivity contribution in [1.82, 2.24) is 10.2 Å². The standard InChI is InChI=1S/C24H40N2O4/c1-29-24-15-19(16-25-20-8-10-21(27)11-9-20)7-12-23(24)30-18-22(28)17-26-13-5-3-2-4-6-14-26/h7,12,15,20-22,25,27-28H,2-6,8-11,13-14,16-18H2,1H3/t20?,21?,22-/m1/s1. The van der Waals surface area contributed by atoms with Crippen molar-refractivity contribution in [2.75, 3.05) is 33.4 Å². The molecule has 6 heteroatoms. The predicted octanol–water partition coefficient (Wildman–Crippen LogP) is 3.09. The van der Waals surface area contributed by atoms with Crippen LogP contribution in [0.1, 0.15) is 63.4 Å². The molecule has 1 saturated heterocycles. The van der Waals surface area contributed by atoms with Gasteiger partial charge in [-0.3, -0.25) is 0 Å². The molecule has 0 aromatic heterocycles. The zero-order chi connectivity index (χ0) is 21.2. The van der Waals surface area contributed by atoms with Crippen LogP contribution in [-0.4, -0.2) is 66.7 Å². The molecule has 1 heterocycles. The van der Waals surface area contributed by atoms with Crippen molar-refractivity contribution >= 4 is 0 Å². The maximum absolute atomic E-state index is 10.5. The first kappa shape index (κ1) is 23.3.